The Balaban J connectivity index is 1.71. The van der Waals surface area contributed by atoms with Crippen LogP contribution in [-0.4, -0.2) is 42.9 Å². The zero-order valence-electron chi connectivity index (χ0n) is 20.3. The van der Waals surface area contributed by atoms with Crippen molar-refractivity contribution in [3.63, 3.8) is 0 Å². The number of esters is 1. The van der Waals surface area contributed by atoms with Crippen molar-refractivity contribution in [1.82, 2.24) is 10.2 Å². The SMILES string of the molecule is COC(=O)C1CC(C(=O)NCc2ccc(OC)cc2)N(C(=O)c2ccccc2Cl)C1c1ccc(Cl)cc1. The number of hydrogen-bond acceptors (Lipinski definition) is 5. The van der Waals surface area contributed by atoms with Crippen LogP contribution in [0.2, 0.25) is 10.0 Å². The first-order valence-electron chi connectivity index (χ1n) is 11.6. The summed E-state index contributed by atoms with van der Waals surface area (Å²) in [4.78, 5) is 41.8. The zero-order valence-corrected chi connectivity index (χ0v) is 21.8. The van der Waals surface area contributed by atoms with Gasteiger partial charge in [-0.15, -0.1) is 0 Å². The van der Waals surface area contributed by atoms with Crippen LogP contribution < -0.4 is 10.1 Å². The first-order chi connectivity index (χ1) is 17.8. The van der Waals surface area contributed by atoms with Gasteiger partial charge in [0.25, 0.3) is 5.91 Å². The maximum absolute atomic E-state index is 13.9. The number of amides is 2. The van der Waals surface area contributed by atoms with Gasteiger partial charge >= 0.3 is 5.97 Å². The van der Waals surface area contributed by atoms with E-state index >= 15 is 0 Å². The summed E-state index contributed by atoms with van der Waals surface area (Å²) in [6, 6.07) is 19.1. The molecular formula is C28H26Cl2N2O5. The van der Waals surface area contributed by atoms with Crippen LogP contribution in [0, 0.1) is 5.92 Å². The van der Waals surface area contributed by atoms with Gasteiger partial charge in [-0.1, -0.05) is 59.6 Å². The monoisotopic (exact) mass is 540 g/mol. The summed E-state index contributed by atoms with van der Waals surface area (Å²) < 4.78 is 10.3. The van der Waals surface area contributed by atoms with Crippen molar-refractivity contribution in [3.05, 3.63) is 99.5 Å². The minimum atomic E-state index is -0.938. The molecule has 1 saturated heterocycles. The van der Waals surface area contributed by atoms with E-state index in [1.165, 1.54) is 12.0 Å². The van der Waals surface area contributed by atoms with Crippen LogP contribution in [0.1, 0.15) is 33.9 Å². The van der Waals surface area contributed by atoms with Crippen LogP contribution in [0.5, 0.6) is 5.75 Å². The number of nitrogens with zero attached hydrogens (tertiary/aromatic N) is 1. The summed E-state index contributed by atoms with van der Waals surface area (Å²) >= 11 is 12.5. The fourth-order valence-electron chi connectivity index (χ4n) is 4.63. The lowest BCUT2D eigenvalue weighted by Crippen LogP contribution is -2.46. The molecule has 0 radical (unpaired) electrons. The quantitative estimate of drug-likeness (QED) is 0.423. The Morgan fingerprint density at radius 2 is 1.62 bits per heavy atom. The van der Waals surface area contributed by atoms with Crippen LogP contribution in [-0.2, 0) is 20.9 Å². The Bertz CT molecular complexity index is 1280. The molecule has 0 saturated carbocycles. The second-order valence-electron chi connectivity index (χ2n) is 8.64. The summed E-state index contributed by atoms with van der Waals surface area (Å²) in [7, 11) is 2.87. The Hall–Kier alpha value is -3.55. The number of hydrogen-bond donors (Lipinski definition) is 1. The van der Waals surface area contributed by atoms with Gasteiger partial charge < -0.3 is 19.7 Å². The van der Waals surface area contributed by atoms with Crippen molar-refractivity contribution < 1.29 is 23.9 Å². The lowest BCUT2D eigenvalue weighted by atomic mass is 9.93. The van der Waals surface area contributed by atoms with E-state index in [-0.39, 0.29) is 29.5 Å². The molecular weight excluding hydrogens is 515 g/mol. The van der Waals surface area contributed by atoms with Crippen molar-refractivity contribution in [1.29, 1.82) is 0 Å². The minimum absolute atomic E-state index is 0.0879. The van der Waals surface area contributed by atoms with E-state index in [2.05, 4.69) is 5.32 Å². The zero-order chi connectivity index (χ0) is 26.5. The van der Waals surface area contributed by atoms with Crippen molar-refractivity contribution >= 4 is 41.0 Å². The van der Waals surface area contributed by atoms with E-state index in [9.17, 15) is 14.4 Å². The van der Waals surface area contributed by atoms with E-state index in [1.807, 2.05) is 12.1 Å². The average Bonchev–Trinajstić information content (AvgIpc) is 3.32. The van der Waals surface area contributed by atoms with Crippen molar-refractivity contribution in [2.45, 2.75) is 25.0 Å². The topological polar surface area (TPSA) is 84.9 Å². The van der Waals surface area contributed by atoms with Gasteiger partial charge in [0.05, 0.1) is 36.8 Å². The predicted molar refractivity (Wildman–Crippen MR) is 141 cm³/mol. The van der Waals surface area contributed by atoms with E-state index < -0.39 is 29.9 Å². The number of carbonyl (C=O) groups is 3. The van der Waals surface area contributed by atoms with Gasteiger partial charge in [-0.25, -0.2) is 0 Å². The number of nitrogens with one attached hydrogen (secondary N) is 1. The van der Waals surface area contributed by atoms with Crippen LogP contribution in [0.4, 0.5) is 0 Å². The number of rotatable bonds is 7. The number of benzene rings is 3. The highest BCUT2D eigenvalue weighted by Gasteiger charge is 2.51. The Labute approximate surface area is 225 Å². The molecule has 3 unspecified atom stereocenters. The Morgan fingerprint density at radius 1 is 0.946 bits per heavy atom. The van der Waals surface area contributed by atoms with Gasteiger partial charge in [0.2, 0.25) is 5.91 Å². The van der Waals surface area contributed by atoms with E-state index in [0.717, 1.165) is 5.56 Å². The lowest BCUT2D eigenvalue weighted by Gasteiger charge is -2.31. The molecule has 3 aromatic rings. The molecule has 192 valence electrons. The second kappa shape index (κ2) is 11.7. The standard InChI is InChI=1S/C28H26Cl2N2O5/c1-36-20-13-7-17(8-14-20)16-31-26(33)24-15-22(28(35)37-2)25(18-9-11-19(29)12-10-18)32(24)27(34)21-5-3-4-6-23(21)30/h3-14,22,24-25H,15-16H2,1-2H3,(H,31,33). The van der Waals surface area contributed by atoms with Gasteiger partial charge in [-0.05, 0) is 53.9 Å². The maximum Gasteiger partial charge on any atom is 0.311 e. The molecule has 3 atom stereocenters. The van der Waals surface area contributed by atoms with Gasteiger partial charge in [0.1, 0.15) is 11.8 Å². The van der Waals surface area contributed by atoms with E-state index in [1.54, 1.807) is 67.8 Å². The van der Waals surface area contributed by atoms with Gasteiger partial charge in [0, 0.05) is 11.6 Å². The number of halogens is 2. The van der Waals surface area contributed by atoms with Crippen LogP contribution in [0.15, 0.2) is 72.8 Å². The second-order valence-corrected chi connectivity index (χ2v) is 9.48. The summed E-state index contributed by atoms with van der Waals surface area (Å²) in [5.41, 5.74) is 1.75. The summed E-state index contributed by atoms with van der Waals surface area (Å²) in [6.45, 7) is 0.238. The van der Waals surface area contributed by atoms with Crippen molar-refractivity contribution in [3.8, 4) is 5.75 Å². The molecule has 1 heterocycles. The molecule has 7 nitrogen and oxygen atoms in total. The molecule has 1 fully saturated rings. The third-order valence-corrected chi connectivity index (χ3v) is 7.06. The number of ether oxygens (including phenoxy) is 2. The van der Waals surface area contributed by atoms with Crippen LogP contribution in [0.25, 0.3) is 0 Å². The first-order valence-corrected chi connectivity index (χ1v) is 12.4. The molecule has 0 aromatic heterocycles. The van der Waals surface area contributed by atoms with Crippen molar-refractivity contribution in [2.24, 2.45) is 5.92 Å². The highest BCUT2D eigenvalue weighted by molar-refractivity contribution is 6.34. The molecule has 1 N–H and O–H groups in total. The molecule has 3 aromatic carbocycles. The smallest absolute Gasteiger partial charge is 0.311 e. The third-order valence-electron chi connectivity index (χ3n) is 6.48. The maximum atomic E-state index is 13.9. The van der Waals surface area contributed by atoms with Gasteiger partial charge in [0.15, 0.2) is 0 Å². The molecule has 9 heteroatoms. The molecule has 37 heavy (non-hydrogen) atoms. The fraction of sp³-hybridized carbons (Fsp3) is 0.250. The van der Waals surface area contributed by atoms with Crippen LogP contribution >= 0.6 is 23.2 Å². The predicted octanol–water partition coefficient (Wildman–Crippen LogP) is 5.06. The lowest BCUT2D eigenvalue weighted by molar-refractivity contribution is -0.146. The van der Waals surface area contributed by atoms with Crippen LogP contribution in [0.3, 0.4) is 0 Å². The van der Waals surface area contributed by atoms with E-state index in [0.29, 0.717) is 16.3 Å². The molecule has 2 amide bonds. The fourth-order valence-corrected chi connectivity index (χ4v) is 4.97. The largest absolute Gasteiger partial charge is 0.497 e. The third kappa shape index (κ3) is 5.73. The number of likely N-dealkylation sites (tertiary alicyclic amines) is 1. The van der Waals surface area contributed by atoms with Crippen molar-refractivity contribution in [2.75, 3.05) is 14.2 Å². The summed E-state index contributed by atoms with van der Waals surface area (Å²) in [5.74, 6) is -1.42. The first kappa shape index (κ1) is 26.5. The molecule has 1 aliphatic heterocycles. The Kier molecular flexibility index (Phi) is 8.36. The average molecular weight is 541 g/mol. The molecule has 1 aliphatic rings. The highest BCUT2D eigenvalue weighted by Crippen LogP contribution is 2.43. The summed E-state index contributed by atoms with van der Waals surface area (Å²) in [6.07, 6.45) is 0.0879. The van der Waals surface area contributed by atoms with Gasteiger partial charge in [-0.3, -0.25) is 14.4 Å². The van der Waals surface area contributed by atoms with Gasteiger partial charge in [-0.2, -0.15) is 0 Å². The number of carbonyl (C=O) groups excluding carboxylic acids is 3. The highest BCUT2D eigenvalue weighted by atomic mass is 35.5. The molecule has 4 rings (SSSR count). The summed E-state index contributed by atoms with van der Waals surface area (Å²) in [5, 5.41) is 3.67. The minimum Gasteiger partial charge on any atom is -0.497 e. The molecule has 0 aliphatic carbocycles. The van der Waals surface area contributed by atoms with E-state index in [4.69, 9.17) is 32.7 Å². The normalized spacial score (nSPS) is 18.8. The Morgan fingerprint density at radius 3 is 2.24 bits per heavy atom. The molecule has 0 bridgehead atoms. The molecule has 0 spiro atoms. The number of methoxy groups -OCH3 is 2.